The van der Waals surface area contributed by atoms with Gasteiger partial charge in [0.1, 0.15) is 17.9 Å². The minimum absolute atomic E-state index is 0.0304. The van der Waals surface area contributed by atoms with Crippen molar-refractivity contribution in [3.63, 3.8) is 0 Å². The highest BCUT2D eigenvalue weighted by molar-refractivity contribution is 5.92. The van der Waals surface area contributed by atoms with Crippen molar-refractivity contribution in [3.8, 4) is 11.6 Å². The maximum absolute atomic E-state index is 11.9. The number of carbonyl (C=O) groups is 2. The summed E-state index contributed by atoms with van der Waals surface area (Å²) in [6.07, 6.45) is 1.15. The van der Waals surface area contributed by atoms with Crippen LogP contribution in [0.4, 0.5) is 0 Å². The van der Waals surface area contributed by atoms with Crippen LogP contribution in [-0.2, 0) is 16.1 Å². The Morgan fingerprint density at radius 2 is 1.74 bits per heavy atom. The minimum Gasteiger partial charge on any atom is -0.507 e. The Morgan fingerprint density at radius 1 is 1.07 bits per heavy atom. The van der Waals surface area contributed by atoms with Crippen molar-refractivity contribution < 1.29 is 28.9 Å². The van der Waals surface area contributed by atoms with Crippen LogP contribution in [0.3, 0.4) is 0 Å². The van der Waals surface area contributed by atoms with E-state index in [1.165, 1.54) is 0 Å². The second kappa shape index (κ2) is 8.70. The number of aromatic hydroxyl groups is 1. The van der Waals surface area contributed by atoms with E-state index in [2.05, 4.69) is 9.97 Å². The van der Waals surface area contributed by atoms with Crippen molar-refractivity contribution in [1.82, 2.24) is 9.97 Å². The molecule has 0 atom stereocenters. The van der Waals surface area contributed by atoms with E-state index in [9.17, 15) is 24.3 Å². The molecule has 0 amide bonds. The van der Waals surface area contributed by atoms with Gasteiger partial charge in [-0.2, -0.15) is 0 Å². The van der Waals surface area contributed by atoms with Gasteiger partial charge in [0.05, 0.1) is 18.9 Å². The molecule has 0 aliphatic carbocycles. The van der Waals surface area contributed by atoms with Crippen molar-refractivity contribution >= 4 is 11.9 Å². The first-order chi connectivity index (χ1) is 12.9. The van der Waals surface area contributed by atoms with E-state index in [0.717, 1.165) is 18.3 Å². The largest absolute Gasteiger partial charge is 0.507 e. The van der Waals surface area contributed by atoms with Crippen LogP contribution in [-0.4, -0.2) is 40.2 Å². The fourth-order valence-electron chi connectivity index (χ4n) is 2.14. The molecule has 0 bridgehead atoms. The van der Waals surface area contributed by atoms with E-state index in [0.29, 0.717) is 0 Å². The van der Waals surface area contributed by atoms with Crippen LogP contribution in [0.2, 0.25) is 0 Å². The molecule has 0 aliphatic heterocycles. The molecular formula is C17H18N2O8. The fraction of sp³-hybridized carbons (Fsp3) is 0.294. The second-order valence-electron chi connectivity index (χ2n) is 5.19. The number of H-pyrrole nitrogens is 2. The number of esters is 2. The van der Waals surface area contributed by atoms with Crippen LogP contribution in [0.25, 0.3) is 0 Å². The molecule has 0 spiro atoms. The van der Waals surface area contributed by atoms with Gasteiger partial charge in [-0.3, -0.25) is 9.59 Å². The molecule has 0 aliphatic rings. The molecule has 0 saturated heterocycles. The van der Waals surface area contributed by atoms with Gasteiger partial charge < -0.3 is 29.3 Å². The zero-order chi connectivity index (χ0) is 20.0. The Kier molecular flexibility index (Phi) is 6.36. The molecule has 2 rings (SSSR count). The lowest BCUT2D eigenvalue weighted by Crippen LogP contribution is -2.22. The summed E-state index contributed by atoms with van der Waals surface area (Å²) in [5.41, 5.74) is -1.96. The third kappa shape index (κ3) is 4.75. The van der Waals surface area contributed by atoms with Crippen molar-refractivity contribution in [3.05, 3.63) is 55.7 Å². The molecule has 2 aromatic rings. The number of rotatable bonds is 7. The highest BCUT2D eigenvalue weighted by Gasteiger charge is 2.18. The van der Waals surface area contributed by atoms with Crippen LogP contribution in [0.1, 0.15) is 40.3 Å². The average molecular weight is 378 g/mol. The topological polar surface area (TPSA) is 148 Å². The number of hydrogen-bond donors (Lipinski definition) is 3. The maximum Gasteiger partial charge on any atom is 0.347 e. The molecular weight excluding hydrogens is 360 g/mol. The van der Waals surface area contributed by atoms with Gasteiger partial charge >= 0.3 is 11.9 Å². The molecule has 0 unspecified atom stereocenters. The molecule has 0 fully saturated rings. The SMILES string of the molecule is CCOC(=O)c1c[nH]c(OCc2cc(O)c(C(=O)OCC)c(=O)[nH]2)cc1=O. The Labute approximate surface area is 152 Å². The predicted octanol–water partition coefficient (Wildman–Crippen LogP) is 0.701. The van der Waals surface area contributed by atoms with Crippen molar-refractivity contribution in [1.29, 1.82) is 0 Å². The lowest BCUT2D eigenvalue weighted by atomic mass is 10.2. The van der Waals surface area contributed by atoms with Gasteiger partial charge in [-0.15, -0.1) is 0 Å². The van der Waals surface area contributed by atoms with Crippen LogP contribution < -0.4 is 15.7 Å². The van der Waals surface area contributed by atoms with E-state index in [1.807, 2.05) is 0 Å². The quantitative estimate of drug-likeness (QED) is 0.596. The van der Waals surface area contributed by atoms with Crippen LogP contribution in [0.5, 0.6) is 11.6 Å². The van der Waals surface area contributed by atoms with Crippen LogP contribution in [0.15, 0.2) is 27.9 Å². The zero-order valence-electron chi connectivity index (χ0n) is 14.7. The van der Waals surface area contributed by atoms with E-state index in [4.69, 9.17) is 14.2 Å². The predicted molar refractivity (Wildman–Crippen MR) is 92.0 cm³/mol. The van der Waals surface area contributed by atoms with Crippen molar-refractivity contribution in [2.45, 2.75) is 20.5 Å². The first-order valence-electron chi connectivity index (χ1n) is 8.02. The molecule has 27 heavy (non-hydrogen) atoms. The van der Waals surface area contributed by atoms with Gasteiger partial charge in [0, 0.05) is 18.3 Å². The maximum atomic E-state index is 11.9. The summed E-state index contributed by atoms with van der Waals surface area (Å²) in [5.74, 6) is -2.22. The summed E-state index contributed by atoms with van der Waals surface area (Å²) < 4.78 is 14.8. The summed E-state index contributed by atoms with van der Waals surface area (Å²) in [4.78, 5) is 52.1. The highest BCUT2D eigenvalue weighted by atomic mass is 16.5. The number of pyridine rings is 2. The van der Waals surface area contributed by atoms with Crippen molar-refractivity contribution in [2.75, 3.05) is 13.2 Å². The van der Waals surface area contributed by atoms with E-state index in [1.54, 1.807) is 13.8 Å². The molecule has 0 saturated carbocycles. The standard InChI is InChI=1S/C17H18N2O8/c1-3-25-16(23)10-7-18-13(6-11(10)20)27-8-9-5-12(21)14(15(22)19-9)17(24)26-4-2/h5-7H,3-4,8H2,1-2H3,(H,18,20)(H2,19,21,22). The van der Waals surface area contributed by atoms with E-state index < -0.39 is 34.2 Å². The Bertz CT molecular complexity index is 960. The molecule has 0 aromatic carbocycles. The number of aromatic nitrogens is 2. The van der Waals surface area contributed by atoms with Gasteiger partial charge in [-0.1, -0.05) is 0 Å². The molecule has 3 N–H and O–H groups in total. The number of hydrogen-bond acceptors (Lipinski definition) is 8. The molecule has 10 nitrogen and oxygen atoms in total. The highest BCUT2D eigenvalue weighted by Crippen LogP contribution is 2.15. The first kappa shape index (κ1) is 19.8. The number of ether oxygens (including phenoxy) is 3. The fourth-order valence-corrected chi connectivity index (χ4v) is 2.14. The number of nitrogens with one attached hydrogen (secondary N) is 2. The van der Waals surface area contributed by atoms with Gasteiger partial charge in [-0.05, 0) is 13.8 Å². The van der Waals surface area contributed by atoms with Gasteiger partial charge in [0.25, 0.3) is 5.56 Å². The molecule has 144 valence electrons. The van der Waals surface area contributed by atoms with E-state index >= 15 is 0 Å². The van der Waals surface area contributed by atoms with Crippen LogP contribution in [0, 0.1) is 0 Å². The Balaban J connectivity index is 2.14. The summed E-state index contributed by atoms with van der Waals surface area (Å²) >= 11 is 0. The Morgan fingerprint density at radius 3 is 2.33 bits per heavy atom. The zero-order valence-corrected chi connectivity index (χ0v) is 14.7. The van der Waals surface area contributed by atoms with Gasteiger partial charge in [0.2, 0.25) is 0 Å². The molecule has 10 heteroatoms. The average Bonchev–Trinajstić information content (AvgIpc) is 2.60. The first-order valence-corrected chi connectivity index (χ1v) is 8.02. The summed E-state index contributed by atoms with van der Waals surface area (Å²) in [6, 6.07) is 2.19. The van der Waals surface area contributed by atoms with Gasteiger partial charge in [0.15, 0.2) is 16.9 Å². The van der Waals surface area contributed by atoms with Crippen molar-refractivity contribution in [2.24, 2.45) is 0 Å². The summed E-state index contributed by atoms with van der Waals surface area (Å²) in [6.45, 7) is 3.15. The smallest absolute Gasteiger partial charge is 0.347 e. The monoisotopic (exact) mass is 378 g/mol. The second-order valence-corrected chi connectivity index (χ2v) is 5.19. The summed E-state index contributed by atoms with van der Waals surface area (Å²) in [5, 5.41) is 9.87. The third-order valence-corrected chi connectivity index (χ3v) is 3.31. The minimum atomic E-state index is -0.942. The van der Waals surface area contributed by atoms with Gasteiger partial charge in [-0.25, -0.2) is 9.59 Å². The van der Waals surface area contributed by atoms with Crippen LogP contribution >= 0.6 is 0 Å². The van der Waals surface area contributed by atoms with E-state index in [-0.39, 0.29) is 37.0 Å². The molecule has 0 radical (unpaired) electrons. The third-order valence-electron chi connectivity index (χ3n) is 3.31. The summed E-state index contributed by atoms with van der Waals surface area (Å²) in [7, 11) is 0. The Hall–Kier alpha value is -3.56. The normalized spacial score (nSPS) is 10.3. The number of aromatic amines is 2. The molecule has 2 heterocycles. The molecule has 2 aromatic heterocycles. The number of carbonyl (C=O) groups excluding carboxylic acids is 2. The lowest BCUT2D eigenvalue weighted by molar-refractivity contribution is 0.0512. The lowest BCUT2D eigenvalue weighted by Gasteiger charge is -2.09.